The number of likely N-dealkylation sites (tertiary alicyclic amines) is 1. The highest BCUT2D eigenvalue weighted by Crippen LogP contribution is 2.47. The van der Waals surface area contributed by atoms with E-state index in [-0.39, 0.29) is 17.1 Å². The Morgan fingerprint density at radius 3 is 2.72 bits per heavy atom. The molecule has 3 aromatic heterocycles. The number of rotatable bonds is 5. The predicted molar refractivity (Wildman–Crippen MR) is 121 cm³/mol. The number of hydrogen-bond donors (Lipinski definition) is 0. The summed E-state index contributed by atoms with van der Waals surface area (Å²) >= 11 is 12.1. The van der Waals surface area contributed by atoms with Crippen LogP contribution in [0.5, 0.6) is 5.88 Å². The van der Waals surface area contributed by atoms with Crippen molar-refractivity contribution >= 4 is 29.1 Å². The van der Waals surface area contributed by atoms with Gasteiger partial charge in [-0.15, -0.1) is 0 Å². The van der Waals surface area contributed by atoms with Gasteiger partial charge < -0.3 is 9.64 Å². The summed E-state index contributed by atoms with van der Waals surface area (Å²) in [5.74, 6) is 1.86. The fraction of sp³-hybridized carbons (Fsp3) is 0.348. The summed E-state index contributed by atoms with van der Waals surface area (Å²) in [6.45, 7) is 2.86. The Morgan fingerprint density at radius 1 is 1.12 bits per heavy atom. The van der Waals surface area contributed by atoms with Crippen molar-refractivity contribution < 1.29 is 9.53 Å². The minimum Gasteiger partial charge on any atom is -0.475 e. The average molecular weight is 470 g/mol. The molecule has 7 nitrogen and oxygen atoms in total. The van der Waals surface area contributed by atoms with Crippen LogP contribution in [0.25, 0.3) is 11.4 Å². The molecule has 2 aliphatic rings. The molecule has 32 heavy (non-hydrogen) atoms. The smallest absolute Gasteiger partial charge is 0.273 e. The first-order chi connectivity index (χ1) is 15.5. The Hall–Kier alpha value is -2.77. The van der Waals surface area contributed by atoms with Crippen LogP contribution in [-0.4, -0.2) is 49.9 Å². The van der Waals surface area contributed by atoms with Gasteiger partial charge in [0.1, 0.15) is 17.5 Å². The van der Waals surface area contributed by atoms with Gasteiger partial charge in [-0.2, -0.15) is 0 Å². The molecule has 0 radical (unpaired) electrons. The number of aromatic nitrogens is 4. The van der Waals surface area contributed by atoms with E-state index >= 15 is 0 Å². The van der Waals surface area contributed by atoms with E-state index in [9.17, 15) is 4.79 Å². The van der Waals surface area contributed by atoms with Gasteiger partial charge in [0.15, 0.2) is 5.82 Å². The van der Waals surface area contributed by atoms with Crippen LogP contribution >= 0.6 is 23.2 Å². The zero-order valence-electron chi connectivity index (χ0n) is 17.4. The van der Waals surface area contributed by atoms with Crippen LogP contribution in [0.4, 0.5) is 0 Å². The number of pyridine rings is 2. The third-order valence-corrected chi connectivity index (χ3v) is 6.39. The lowest BCUT2D eigenvalue weighted by molar-refractivity contribution is 0.0503. The molecule has 0 bridgehead atoms. The highest BCUT2D eigenvalue weighted by molar-refractivity contribution is 6.34. The summed E-state index contributed by atoms with van der Waals surface area (Å²) in [6, 6.07) is 8.54. The molecule has 1 saturated heterocycles. The maximum atomic E-state index is 13.7. The van der Waals surface area contributed by atoms with Crippen molar-refractivity contribution in [3.05, 3.63) is 64.3 Å². The molecule has 3 atom stereocenters. The Bertz CT molecular complexity index is 1140. The van der Waals surface area contributed by atoms with Crippen LogP contribution in [0.2, 0.25) is 10.2 Å². The number of aryl methyl sites for hydroxylation is 1. The summed E-state index contributed by atoms with van der Waals surface area (Å²) in [5.41, 5.74) is 1.76. The average Bonchev–Trinajstić information content (AvgIpc) is 3.55. The fourth-order valence-corrected chi connectivity index (χ4v) is 4.73. The van der Waals surface area contributed by atoms with E-state index in [0.29, 0.717) is 53.0 Å². The number of hydrogen-bond acceptors (Lipinski definition) is 6. The van der Waals surface area contributed by atoms with E-state index in [1.165, 1.54) is 0 Å². The minimum absolute atomic E-state index is 0.0994. The van der Waals surface area contributed by atoms with E-state index in [1.807, 2.05) is 24.0 Å². The number of nitrogens with zero attached hydrogens (tertiary/aromatic N) is 5. The summed E-state index contributed by atoms with van der Waals surface area (Å²) in [7, 11) is 0. The lowest BCUT2D eigenvalue weighted by Crippen LogP contribution is -2.48. The number of ether oxygens (including phenoxy) is 1. The van der Waals surface area contributed by atoms with Gasteiger partial charge >= 0.3 is 0 Å². The highest BCUT2D eigenvalue weighted by atomic mass is 35.5. The molecular weight excluding hydrogens is 449 g/mol. The summed E-state index contributed by atoms with van der Waals surface area (Å²) in [4.78, 5) is 33.0. The van der Waals surface area contributed by atoms with E-state index in [2.05, 4.69) is 19.9 Å². The maximum absolute atomic E-state index is 13.7. The van der Waals surface area contributed by atoms with Gasteiger partial charge in [-0.05, 0) is 55.9 Å². The Kier molecular flexibility index (Phi) is 5.69. The second-order valence-electron chi connectivity index (χ2n) is 8.28. The highest BCUT2D eigenvalue weighted by Gasteiger charge is 2.47. The van der Waals surface area contributed by atoms with Crippen LogP contribution in [0, 0.1) is 18.8 Å². The lowest BCUT2D eigenvalue weighted by Gasteiger charge is -2.35. The first kappa shape index (κ1) is 21.1. The van der Waals surface area contributed by atoms with Crippen molar-refractivity contribution in [1.29, 1.82) is 0 Å². The van der Waals surface area contributed by atoms with Gasteiger partial charge in [-0.1, -0.05) is 23.2 Å². The third-order valence-electron chi connectivity index (χ3n) is 5.98. The molecule has 1 saturated carbocycles. The quantitative estimate of drug-likeness (QED) is 0.512. The minimum atomic E-state index is -0.132. The fourth-order valence-electron chi connectivity index (χ4n) is 4.28. The first-order valence-corrected chi connectivity index (χ1v) is 11.3. The normalized spacial score (nSPS) is 21.7. The molecule has 3 aromatic rings. The summed E-state index contributed by atoms with van der Waals surface area (Å²) < 4.78 is 5.91. The van der Waals surface area contributed by atoms with E-state index < -0.39 is 0 Å². The second kappa shape index (κ2) is 8.64. The topological polar surface area (TPSA) is 81.1 Å². The van der Waals surface area contributed by atoms with Crippen LogP contribution in [0.3, 0.4) is 0 Å². The molecule has 164 valence electrons. The third kappa shape index (κ3) is 4.40. The van der Waals surface area contributed by atoms with Crippen molar-refractivity contribution in [3.63, 3.8) is 0 Å². The summed E-state index contributed by atoms with van der Waals surface area (Å²) in [5, 5.41) is 0.720. The van der Waals surface area contributed by atoms with Crippen molar-refractivity contribution in [1.82, 2.24) is 24.8 Å². The van der Waals surface area contributed by atoms with Crippen LogP contribution in [-0.2, 0) is 0 Å². The summed E-state index contributed by atoms with van der Waals surface area (Å²) in [6.07, 6.45) is 5.34. The van der Waals surface area contributed by atoms with E-state index in [1.54, 1.807) is 30.6 Å². The van der Waals surface area contributed by atoms with Crippen molar-refractivity contribution in [2.24, 2.45) is 11.8 Å². The molecule has 1 amide bonds. The monoisotopic (exact) mass is 469 g/mol. The van der Waals surface area contributed by atoms with Gasteiger partial charge in [-0.25, -0.2) is 19.9 Å². The molecule has 0 unspecified atom stereocenters. The zero-order chi connectivity index (χ0) is 22.2. The molecule has 1 aliphatic carbocycles. The Labute approximate surface area is 195 Å². The molecule has 2 fully saturated rings. The SMILES string of the molecule is Cc1ccc(-c2ncccn2)c(C(=O)N2C[C@@H]3C[C@@H]3C[C@H]2COc2cc(Cl)cc(Cl)n2)n1. The van der Waals surface area contributed by atoms with Crippen molar-refractivity contribution in [3.8, 4) is 17.3 Å². The number of amides is 1. The number of fused-ring (bicyclic) bond motifs is 1. The molecule has 0 spiro atoms. The molecule has 1 aliphatic heterocycles. The second-order valence-corrected chi connectivity index (χ2v) is 9.11. The molecule has 4 heterocycles. The zero-order valence-corrected chi connectivity index (χ0v) is 18.9. The Morgan fingerprint density at radius 2 is 1.94 bits per heavy atom. The van der Waals surface area contributed by atoms with Gasteiger partial charge in [0.25, 0.3) is 5.91 Å². The van der Waals surface area contributed by atoms with Crippen molar-refractivity contribution in [2.45, 2.75) is 25.8 Å². The first-order valence-electron chi connectivity index (χ1n) is 10.5. The maximum Gasteiger partial charge on any atom is 0.273 e. The number of carbonyl (C=O) groups excluding carboxylic acids is 1. The largest absolute Gasteiger partial charge is 0.475 e. The van der Waals surface area contributed by atoms with Gasteiger partial charge in [0.05, 0.1) is 11.6 Å². The van der Waals surface area contributed by atoms with Gasteiger partial charge in [0.2, 0.25) is 5.88 Å². The van der Waals surface area contributed by atoms with Crippen LogP contribution in [0.15, 0.2) is 42.7 Å². The molecule has 9 heteroatoms. The van der Waals surface area contributed by atoms with Crippen LogP contribution in [0.1, 0.15) is 29.0 Å². The van der Waals surface area contributed by atoms with E-state index in [4.69, 9.17) is 27.9 Å². The molecule has 0 N–H and O–H groups in total. The number of carbonyl (C=O) groups is 1. The Balaban J connectivity index is 1.42. The lowest BCUT2D eigenvalue weighted by atomic mass is 10.0. The predicted octanol–water partition coefficient (Wildman–Crippen LogP) is 4.48. The standard InChI is InChI=1S/C23H21Cl2N5O2/c1-13-3-4-18(22-26-5-2-6-27-22)21(28-13)23(31)30-11-15-7-14(15)8-17(30)12-32-20-10-16(24)9-19(25)29-20/h2-6,9-10,14-15,17H,7-8,11-12H2,1H3/t14-,15+,17+/m1/s1. The van der Waals surface area contributed by atoms with Crippen molar-refractivity contribution in [2.75, 3.05) is 13.2 Å². The molecular formula is C23H21Cl2N5O2. The van der Waals surface area contributed by atoms with Gasteiger partial charge in [-0.3, -0.25) is 4.79 Å². The number of piperidine rings is 1. The van der Waals surface area contributed by atoms with Crippen LogP contribution < -0.4 is 4.74 Å². The molecule has 0 aromatic carbocycles. The molecule has 5 rings (SSSR count). The van der Waals surface area contributed by atoms with E-state index in [0.717, 1.165) is 18.5 Å². The number of halogens is 2. The van der Waals surface area contributed by atoms with Gasteiger partial charge in [0, 0.05) is 35.7 Å².